The molecule has 7 heteroatoms. The molecule has 0 atom stereocenters. The Morgan fingerprint density at radius 3 is 2.34 bits per heavy atom. The van der Waals surface area contributed by atoms with E-state index >= 15 is 0 Å². The zero-order valence-electron chi connectivity index (χ0n) is 18.3. The van der Waals surface area contributed by atoms with Crippen molar-refractivity contribution < 1.29 is 17.6 Å². The third-order valence-electron chi connectivity index (χ3n) is 6.09. The van der Waals surface area contributed by atoms with E-state index in [4.69, 9.17) is 4.42 Å². The molecule has 1 aromatic carbocycles. The van der Waals surface area contributed by atoms with E-state index in [1.54, 1.807) is 11.8 Å². The minimum absolute atomic E-state index is 0.134. The van der Waals surface area contributed by atoms with Crippen molar-refractivity contribution in [2.75, 3.05) is 13.1 Å². The Hall–Kier alpha value is -1.86. The van der Waals surface area contributed by atoms with Crippen LogP contribution in [0.15, 0.2) is 15.4 Å². The number of nitrogens with zero attached hydrogens (tertiary/aromatic N) is 1. The first-order valence-corrected chi connectivity index (χ1v) is 11.8. The lowest BCUT2D eigenvalue weighted by Gasteiger charge is -2.26. The zero-order chi connectivity index (χ0) is 21.6. The second-order valence-electron chi connectivity index (χ2n) is 8.78. The highest BCUT2D eigenvalue weighted by molar-refractivity contribution is 7.89. The maximum Gasteiger partial charge on any atom is 0.289 e. The smallest absolute Gasteiger partial charge is 0.289 e. The summed E-state index contributed by atoms with van der Waals surface area (Å²) in [6, 6.07) is 1.92. The number of nitrogens with one attached hydrogen (secondary N) is 1. The highest BCUT2D eigenvalue weighted by Crippen LogP contribution is 2.36. The molecule has 3 rings (SSSR count). The first kappa shape index (κ1) is 21.8. The van der Waals surface area contributed by atoms with Crippen molar-refractivity contribution >= 4 is 26.9 Å². The van der Waals surface area contributed by atoms with Crippen LogP contribution in [0.1, 0.15) is 73.7 Å². The Bertz CT molecular complexity index is 1040. The average Bonchev–Trinajstić information content (AvgIpc) is 2.97. The summed E-state index contributed by atoms with van der Waals surface area (Å²) >= 11 is 0. The Morgan fingerprint density at radius 2 is 1.76 bits per heavy atom. The van der Waals surface area contributed by atoms with Gasteiger partial charge in [0, 0.05) is 29.6 Å². The number of amides is 1. The molecule has 2 heterocycles. The third-order valence-corrected chi connectivity index (χ3v) is 7.94. The molecule has 160 valence electrons. The van der Waals surface area contributed by atoms with Gasteiger partial charge in [0.2, 0.25) is 10.0 Å². The van der Waals surface area contributed by atoms with Gasteiger partial charge in [0.25, 0.3) is 5.91 Å². The van der Waals surface area contributed by atoms with Crippen molar-refractivity contribution in [3.63, 3.8) is 0 Å². The second kappa shape index (κ2) is 7.76. The number of fused-ring (bicyclic) bond motifs is 1. The SMILES string of the molecule is CCC(C)(C)NS(=O)(=O)c1c(C)c(C)cc2c(C)c(C(=O)N3CCCCC3)oc12. The lowest BCUT2D eigenvalue weighted by molar-refractivity contribution is 0.0693. The van der Waals surface area contributed by atoms with Crippen LogP contribution in [-0.4, -0.2) is 37.9 Å². The van der Waals surface area contributed by atoms with Crippen LogP contribution >= 0.6 is 0 Å². The fourth-order valence-electron chi connectivity index (χ4n) is 3.80. The van der Waals surface area contributed by atoms with Gasteiger partial charge in [0.15, 0.2) is 11.3 Å². The quantitative estimate of drug-likeness (QED) is 0.775. The summed E-state index contributed by atoms with van der Waals surface area (Å²) in [5.41, 5.74) is 1.88. The Kier molecular flexibility index (Phi) is 5.84. The summed E-state index contributed by atoms with van der Waals surface area (Å²) < 4.78 is 35.4. The zero-order valence-corrected chi connectivity index (χ0v) is 19.1. The molecule has 0 bridgehead atoms. The number of hydrogen-bond acceptors (Lipinski definition) is 4. The molecule has 1 aromatic heterocycles. The maximum absolute atomic E-state index is 13.3. The van der Waals surface area contributed by atoms with Gasteiger partial charge in [0.1, 0.15) is 4.90 Å². The molecule has 0 saturated carbocycles. The topological polar surface area (TPSA) is 79.6 Å². The predicted octanol–water partition coefficient (Wildman–Crippen LogP) is 4.45. The molecule has 0 unspecified atom stereocenters. The number of benzene rings is 1. The molecule has 1 saturated heterocycles. The average molecular weight is 421 g/mol. The number of carbonyl (C=O) groups excluding carboxylic acids is 1. The van der Waals surface area contributed by atoms with E-state index in [0.29, 0.717) is 36.0 Å². The molecule has 1 amide bonds. The number of sulfonamides is 1. The number of rotatable bonds is 5. The van der Waals surface area contributed by atoms with Gasteiger partial charge in [-0.2, -0.15) is 0 Å². The van der Waals surface area contributed by atoms with Crippen molar-refractivity contribution in [1.82, 2.24) is 9.62 Å². The van der Waals surface area contributed by atoms with Gasteiger partial charge in [-0.15, -0.1) is 0 Å². The van der Waals surface area contributed by atoms with E-state index in [1.165, 1.54) is 0 Å². The van der Waals surface area contributed by atoms with Crippen molar-refractivity contribution in [1.29, 1.82) is 0 Å². The minimum atomic E-state index is -3.83. The van der Waals surface area contributed by atoms with Crippen molar-refractivity contribution in [2.24, 2.45) is 0 Å². The van der Waals surface area contributed by atoms with Crippen molar-refractivity contribution in [2.45, 2.75) is 77.7 Å². The predicted molar refractivity (Wildman–Crippen MR) is 115 cm³/mol. The van der Waals surface area contributed by atoms with Gasteiger partial charge in [-0.3, -0.25) is 4.79 Å². The fourth-order valence-corrected chi connectivity index (χ4v) is 5.73. The summed E-state index contributed by atoms with van der Waals surface area (Å²) in [6.45, 7) is 12.6. The lowest BCUT2D eigenvalue weighted by Crippen LogP contribution is -2.42. The number of piperidine rings is 1. The molecule has 29 heavy (non-hydrogen) atoms. The molecule has 6 nitrogen and oxygen atoms in total. The van der Waals surface area contributed by atoms with Crippen LogP contribution < -0.4 is 4.72 Å². The van der Waals surface area contributed by atoms with Gasteiger partial charge < -0.3 is 9.32 Å². The maximum atomic E-state index is 13.3. The van der Waals surface area contributed by atoms with Gasteiger partial charge in [-0.25, -0.2) is 13.1 Å². The van der Waals surface area contributed by atoms with Gasteiger partial charge in [-0.1, -0.05) is 6.92 Å². The van der Waals surface area contributed by atoms with Crippen LogP contribution in [0.25, 0.3) is 11.0 Å². The normalized spacial score (nSPS) is 15.9. The van der Waals surface area contributed by atoms with Crippen LogP contribution in [-0.2, 0) is 10.0 Å². The second-order valence-corrected chi connectivity index (χ2v) is 10.4. The monoisotopic (exact) mass is 420 g/mol. The van der Waals surface area contributed by atoms with Crippen LogP contribution in [0.5, 0.6) is 0 Å². The van der Waals surface area contributed by atoms with Crippen LogP contribution in [0.4, 0.5) is 0 Å². The number of aryl methyl sites for hydroxylation is 2. The summed E-state index contributed by atoms with van der Waals surface area (Å²) in [4.78, 5) is 15.0. The molecule has 1 fully saturated rings. The Labute approximate surface area is 173 Å². The molecule has 1 aliphatic heterocycles. The summed E-state index contributed by atoms with van der Waals surface area (Å²) in [6.07, 6.45) is 3.75. The van der Waals surface area contributed by atoms with E-state index in [0.717, 1.165) is 24.8 Å². The largest absolute Gasteiger partial charge is 0.449 e. The number of furan rings is 1. The molecule has 2 aromatic rings. The molecular weight excluding hydrogens is 388 g/mol. The van der Waals surface area contributed by atoms with Crippen LogP contribution in [0.2, 0.25) is 0 Å². The van der Waals surface area contributed by atoms with Crippen molar-refractivity contribution in [3.8, 4) is 0 Å². The van der Waals surface area contributed by atoms with E-state index in [2.05, 4.69) is 4.72 Å². The van der Waals surface area contributed by atoms with E-state index in [1.807, 2.05) is 40.7 Å². The van der Waals surface area contributed by atoms with E-state index in [-0.39, 0.29) is 22.1 Å². The highest BCUT2D eigenvalue weighted by atomic mass is 32.2. The fraction of sp³-hybridized carbons (Fsp3) is 0.591. The highest BCUT2D eigenvalue weighted by Gasteiger charge is 2.32. The molecule has 1 aliphatic rings. The number of hydrogen-bond donors (Lipinski definition) is 1. The standard InChI is InChI=1S/C22H32N2O4S/c1-7-22(5,6)23-29(26,27)20-15(3)14(2)13-17-16(4)18(28-19(17)20)21(25)24-11-9-8-10-12-24/h13,23H,7-12H2,1-6H3. The first-order chi connectivity index (χ1) is 13.5. The Morgan fingerprint density at radius 1 is 1.14 bits per heavy atom. The molecule has 0 spiro atoms. The van der Waals surface area contributed by atoms with E-state index < -0.39 is 15.6 Å². The minimum Gasteiger partial charge on any atom is -0.449 e. The van der Waals surface area contributed by atoms with Crippen LogP contribution in [0, 0.1) is 20.8 Å². The van der Waals surface area contributed by atoms with Crippen LogP contribution in [0.3, 0.4) is 0 Å². The van der Waals surface area contributed by atoms with Gasteiger partial charge in [-0.05, 0) is 77.5 Å². The van der Waals surface area contributed by atoms with Gasteiger partial charge >= 0.3 is 0 Å². The third kappa shape index (κ3) is 4.08. The molecule has 1 N–H and O–H groups in total. The number of likely N-dealkylation sites (tertiary alicyclic amines) is 1. The Balaban J connectivity index is 2.18. The summed E-state index contributed by atoms with van der Waals surface area (Å²) in [5, 5.41) is 0.683. The van der Waals surface area contributed by atoms with Crippen molar-refractivity contribution in [3.05, 3.63) is 28.5 Å². The number of carbonyl (C=O) groups is 1. The molecular formula is C22H32N2O4S. The molecule has 0 aliphatic carbocycles. The molecule has 0 radical (unpaired) electrons. The summed E-state index contributed by atoms with van der Waals surface area (Å²) in [5.74, 6) is 0.0944. The first-order valence-electron chi connectivity index (χ1n) is 10.3. The summed E-state index contributed by atoms with van der Waals surface area (Å²) in [7, 11) is -3.83. The lowest BCUT2D eigenvalue weighted by atomic mass is 10.0. The van der Waals surface area contributed by atoms with E-state index in [9.17, 15) is 13.2 Å². The van der Waals surface area contributed by atoms with Gasteiger partial charge in [0.05, 0.1) is 0 Å².